The second kappa shape index (κ2) is 7.56. The Kier molecular flexibility index (Phi) is 5.76. The number of thioether (sulfide) groups is 1. The summed E-state index contributed by atoms with van der Waals surface area (Å²) in [4.78, 5) is 10.9. The highest BCUT2D eigenvalue weighted by Gasteiger charge is 2.20. The molecule has 2 rings (SSSR count). The number of rotatable bonds is 6. The van der Waals surface area contributed by atoms with E-state index in [4.69, 9.17) is 20.3 Å². The van der Waals surface area contributed by atoms with E-state index in [2.05, 4.69) is 0 Å². The number of ether oxygens (including phenoxy) is 2. The predicted molar refractivity (Wildman–Crippen MR) is 83.3 cm³/mol. The minimum Gasteiger partial charge on any atom is -0.493 e. The van der Waals surface area contributed by atoms with Crippen LogP contribution in [0.4, 0.5) is 0 Å². The van der Waals surface area contributed by atoms with Crippen molar-refractivity contribution in [1.29, 1.82) is 0 Å². The van der Waals surface area contributed by atoms with E-state index < -0.39 is 12.0 Å². The molecule has 0 saturated carbocycles. The quantitative estimate of drug-likeness (QED) is 0.835. The molecule has 5 nitrogen and oxygen atoms in total. The van der Waals surface area contributed by atoms with Crippen molar-refractivity contribution in [2.75, 3.05) is 18.6 Å². The maximum Gasteiger partial charge on any atom is 0.320 e. The van der Waals surface area contributed by atoms with Gasteiger partial charge in [-0.2, -0.15) is 11.8 Å². The number of aliphatic carboxylic acids is 1. The van der Waals surface area contributed by atoms with Crippen molar-refractivity contribution in [2.24, 2.45) is 5.73 Å². The number of hydrogen-bond donors (Lipinski definition) is 2. The van der Waals surface area contributed by atoms with Gasteiger partial charge in [-0.1, -0.05) is 12.1 Å². The fourth-order valence-corrected chi connectivity index (χ4v) is 3.39. The van der Waals surface area contributed by atoms with Gasteiger partial charge in [0.05, 0.1) is 7.11 Å². The molecule has 21 heavy (non-hydrogen) atoms. The highest BCUT2D eigenvalue weighted by Crippen LogP contribution is 2.34. The van der Waals surface area contributed by atoms with Crippen LogP contribution < -0.4 is 15.2 Å². The number of methoxy groups -OCH3 is 1. The number of carbonyl (C=O) groups is 1. The molecule has 1 fully saturated rings. The van der Waals surface area contributed by atoms with E-state index in [1.165, 1.54) is 5.75 Å². The normalized spacial score (nSPS) is 19.8. The largest absolute Gasteiger partial charge is 0.493 e. The number of hydrogen-bond acceptors (Lipinski definition) is 5. The van der Waals surface area contributed by atoms with Gasteiger partial charge in [-0.05, 0) is 24.7 Å². The summed E-state index contributed by atoms with van der Waals surface area (Å²) in [6.07, 6.45) is 2.59. The Hall–Kier alpha value is -1.40. The van der Waals surface area contributed by atoms with Gasteiger partial charge in [0.1, 0.15) is 12.1 Å². The van der Waals surface area contributed by atoms with E-state index in [1.807, 2.05) is 30.0 Å². The van der Waals surface area contributed by atoms with Gasteiger partial charge in [0.25, 0.3) is 0 Å². The lowest BCUT2D eigenvalue weighted by atomic mass is 10.0. The number of nitrogens with two attached hydrogens (primary N) is 1. The Morgan fingerprint density at radius 3 is 3.00 bits per heavy atom. The van der Waals surface area contributed by atoms with Gasteiger partial charge in [0, 0.05) is 17.7 Å². The minimum atomic E-state index is -1.02. The van der Waals surface area contributed by atoms with E-state index in [1.54, 1.807) is 7.11 Å². The predicted octanol–water partition coefficient (Wildman–Crippen LogP) is 1.92. The summed E-state index contributed by atoms with van der Waals surface area (Å²) in [5.74, 6) is 2.39. The van der Waals surface area contributed by atoms with Crippen LogP contribution >= 0.6 is 11.8 Å². The van der Waals surface area contributed by atoms with Gasteiger partial charge in [-0.25, -0.2) is 0 Å². The number of carboxylic acids is 1. The molecule has 3 N–H and O–H groups in total. The summed E-state index contributed by atoms with van der Waals surface area (Å²) in [5, 5.41) is 8.94. The topological polar surface area (TPSA) is 81.8 Å². The molecule has 1 aromatic rings. The standard InChI is InChI=1S/C15H21NO4S/c1-19-14-10(8-12(16)15(17)18)4-2-6-13(14)20-11-5-3-7-21-9-11/h2,4,6,11-12H,3,5,7-9,16H2,1H3,(H,17,18). The highest BCUT2D eigenvalue weighted by atomic mass is 32.2. The van der Waals surface area contributed by atoms with Gasteiger partial charge in [0.2, 0.25) is 0 Å². The summed E-state index contributed by atoms with van der Waals surface area (Å²) < 4.78 is 11.4. The first-order chi connectivity index (χ1) is 10.1. The van der Waals surface area contributed by atoms with Gasteiger partial charge >= 0.3 is 5.97 Å². The number of para-hydroxylation sites is 1. The van der Waals surface area contributed by atoms with Crippen molar-refractivity contribution in [3.63, 3.8) is 0 Å². The van der Waals surface area contributed by atoms with Crippen molar-refractivity contribution in [1.82, 2.24) is 0 Å². The average molecular weight is 311 g/mol. The van der Waals surface area contributed by atoms with Crippen LogP contribution in [0.1, 0.15) is 18.4 Å². The molecule has 0 aliphatic carbocycles. The molecule has 0 aromatic heterocycles. The Labute approximate surface area is 128 Å². The summed E-state index contributed by atoms with van der Waals surface area (Å²) in [6, 6.07) is 4.58. The van der Waals surface area contributed by atoms with Crippen LogP contribution in [-0.2, 0) is 11.2 Å². The van der Waals surface area contributed by atoms with Crippen molar-refractivity contribution in [2.45, 2.75) is 31.4 Å². The third kappa shape index (κ3) is 4.28. The molecule has 1 aliphatic rings. The van der Waals surface area contributed by atoms with Crippen molar-refractivity contribution < 1.29 is 19.4 Å². The van der Waals surface area contributed by atoms with Crippen LogP contribution in [0.15, 0.2) is 18.2 Å². The SMILES string of the molecule is COc1c(CC(N)C(=O)O)cccc1OC1CCCSC1. The summed E-state index contributed by atoms with van der Waals surface area (Å²) in [7, 11) is 1.56. The molecular weight excluding hydrogens is 290 g/mol. The Balaban J connectivity index is 2.15. The molecule has 1 aliphatic heterocycles. The average Bonchev–Trinajstić information content (AvgIpc) is 2.48. The fourth-order valence-electron chi connectivity index (χ4n) is 2.35. The first kappa shape index (κ1) is 16.0. The molecule has 1 saturated heterocycles. The lowest BCUT2D eigenvalue weighted by molar-refractivity contribution is -0.138. The Morgan fingerprint density at radius 2 is 2.38 bits per heavy atom. The van der Waals surface area contributed by atoms with Crippen LogP contribution in [0.3, 0.4) is 0 Å². The third-order valence-corrected chi connectivity index (χ3v) is 4.62. The van der Waals surface area contributed by atoms with Crippen LogP contribution in [0.2, 0.25) is 0 Å². The summed E-state index contributed by atoms with van der Waals surface area (Å²) in [5.41, 5.74) is 6.36. The van der Waals surface area contributed by atoms with Gasteiger partial charge < -0.3 is 20.3 Å². The van der Waals surface area contributed by atoms with Gasteiger partial charge in [0.15, 0.2) is 11.5 Å². The zero-order valence-electron chi connectivity index (χ0n) is 12.1. The molecule has 1 heterocycles. The van der Waals surface area contributed by atoms with Gasteiger partial charge in [-0.3, -0.25) is 4.79 Å². The second-order valence-corrected chi connectivity index (χ2v) is 6.20. The molecule has 2 unspecified atom stereocenters. The molecule has 1 aromatic carbocycles. The zero-order chi connectivity index (χ0) is 15.2. The van der Waals surface area contributed by atoms with Crippen LogP contribution in [0, 0.1) is 0 Å². The number of benzene rings is 1. The monoisotopic (exact) mass is 311 g/mol. The van der Waals surface area contributed by atoms with Crippen LogP contribution in [0.25, 0.3) is 0 Å². The smallest absolute Gasteiger partial charge is 0.320 e. The van der Waals surface area contributed by atoms with E-state index in [0.717, 1.165) is 24.2 Å². The lowest BCUT2D eigenvalue weighted by Gasteiger charge is -2.24. The van der Waals surface area contributed by atoms with Crippen molar-refractivity contribution >= 4 is 17.7 Å². The number of carboxylic acid groups (broad SMARTS) is 1. The summed E-state index contributed by atoms with van der Waals surface area (Å²) in [6.45, 7) is 0. The molecule has 116 valence electrons. The maximum atomic E-state index is 10.9. The molecule has 6 heteroatoms. The Morgan fingerprint density at radius 1 is 1.57 bits per heavy atom. The van der Waals surface area contributed by atoms with E-state index in [0.29, 0.717) is 11.5 Å². The molecule has 0 bridgehead atoms. The second-order valence-electron chi connectivity index (χ2n) is 5.05. The third-order valence-electron chi connectivity index (χ3n) is 3.43. The van der Waals surface area contributed by atoms with Crippen LogP contribution in [-0.4, -0.2) is 41.8 Å². The maximum absolute atomic E-state index is 10.9. The first-order valence-electron chi connectivity index (χ1n) is 7.00. The van der Waals surface area contributed by atoms with Crippen molar-refractivity contribution in [3.05, 3.63) is 23.8 Å². The molecular formula is C15H21NO4S. The molecule has 0 spiro atoms. The van der Waals surface area contributed by atoms with E-state index in [9.17, 15) is 4.79 Å². The molecule has 2 atom stereocenters. The zero-order valence-corrected chi connectivity index (χ0v) is 12.9. The highest BCUT2D eigenvalue weighted by molar-refractivity contribution is 7.99. The van der Waals surface area contributed by atoms with Gasteiger partial charge in [-0.15, -0.1) is 0 Å². The lowest BCUT2D eigenvalue weighted by Crippen LogP contribution is -2.32. The van der Waals surface area contributed by atoms with E-state index in [-0.39, 0.29) is 12.5 Å². The molecule has 0 amide bonds. The fraction of sp³-hybridized carbons (Fsp3) is 0.533. The molecule has 0 radical (unpaired) electrons. The van der Waals surface area contributed by atoms with Crippen molar-refractivity contribution in [3.8, 4) is 11.5 Å². The minimum absolute atomic E-state index is 0.182. The van der Waals surface area contributed by atoms with E-state index >= 15 is 0 Å². The summed E-state index contributed by atoms with van der Waals surface area (Å²) >= 11 is 1.89. The Bertz CT molecular complexity index is 489. The van der Waals surface area contributed by atoms with Crippen LogP contribution in [0.5, 0.6) is 11.5 Å². The first-order valence-corrected chi connectivity index (χ1v) is 8.16.